The van der Waals surface area contributed by atoms with Crippen molar-refractivity contribution < 1.29 is 0 Å². The average Bonchev–Trinajstić information content (AvgIpc) is 2.84. The van der Waals surface area contributed by atoms with Crippen LogP contribution in [0.1, 0.15) is 38.2 Å². The third kappa shape index (κ3) is 2.07. The van der Waals surface area contributed by atoms with E-state index in [9.17, 15) is 5.26 Å². The molecule has 0 bridgehead atoms. The maximum absolute atomic E-state index is 9.31. The van der Waals surface area contributed by atoms with Gasteiger partial charge in [-0.2, -0.15) is 10.4 Å². The summed E-state index contributed by atoms with van der Waals surface area (Å²) in [7, 11) is 0. The van der Waals surface area contributed by atoms with Crippen LogP contribution in [0.4, 0.5) is 11.5 Å². The van der Waals surface area contributed by atoms with Gasteiger partial charge in [-0.3, -0.25) is 0 Å². The van der Waals surface area contributed by atoms with Crippen molar-refractivity contribution in [2.24, 2.45) is 5.92 Å². The highest BCUT2D eigenvalue weighted by atomic mass is 15.3. The van der Waals surface area contributed by atoms with Crippen LogP contribution in [0.15, 0.2) is 18.3 Å². The van der Waals surface area contributed by atoms with E-state index in [1.165, 1.54) is 19.3 Å². The minimum atomic E-state index is 0.415. The van der Waals surface area contributed by atoms with E-state index in [1.807, 2.05) is 12.1 Å². The molecule has 0 aliphatic heterocycles. The SMILES string of the molecule is C[C@H]1CCCC[C@H]1Nc1c(C#N)cnn2c(N)ccc12. The van der Waals surface area contributed by atoms with Crippen molar-refractivity contribution in [1.82, 2.24) is 9.61 Å². The summed E-state index contributed by atoms with van der Waals surface area (Å²) >= 11 is 0. The number of rotatable bonds is 2. The molecule has 1 fully saturated rings. The predicted octanol–water partition coefficient (Wildman–Crippen LogP) is 2.78. The summed E-state index contributed by atoms with van der Waals surface area (Å²) in [6, 6.07) is 6.37. The zero-order valence-electron chi connectivity index (χ0n) is 11.6. The Bertz CT molecular complexity index is 667. The molecule has 3 N–H and O–H groups in total. The zero-order chi connectivity index (χ0) is 14.1. The number of hydrogen-bond donors (Lipinski definition) is 2. The number of hydrogen-bond acceptors (Lipinski definition) is 4. The van der Waals surface area contributed by atoms with Crippen LogP contribution in [0, 0.1) is 17.2 Å². The van der Waals surface area contributed by atoms with Crippen LogP contribution < -0.4 is 11.1 Å². The lowest BCUT2D eigenvalue weighted by molar-refractivity contribution is 0.349. The third-order valence-electron chi connectivity index (χ3n) is 4.27. The van der Waals surface area contributed by atoms with Crippen LogP contribution in [0.5, 0.6) is 0 Å². The summed E-state index contributed by atoms with van der Waals surface area (Å²) in [5.41, 5.74) is 8.20. The van der Waals surface area contributed by atoms with E-state index in [2.05, 4.69) is 23.4 Å². The Labute approximate surface area is 118 Å². The first kappa shape index (κ1) is 12.8. The fraction of sp³-hybridized carbons (Fsp3) is 0.467. The second-order valence-electron chi connectivity index (χ2n) is 5.61. The lowest BCUT2D eigenvalue weighted by Crippen LogP contribution is -2.30. The van der Waals surface area contributed by atoms with Crippen LogP contribution in [-0.2, 0) is 0 Å². The van der Waals surface area contributed by atoms with Crippen LogP contribution in [-0.4, -0.2) is 15.7 Å². The highest BCUT2D eigenvalue weighted by Gasteiger charge is 2.23. The van der Waals surface area contributed by atoms with E-state index >= 15 is 0 Å². The molecule has 2 aromatic rings. The first-order valence-electron chi connectivity index (χ1n) is 7.13. The molecule has 2 atom stereocenters. The van der Waals surface area contributed by atoms with Gasteiger partial charge in [-0.25, -0.2) is 4.52 Å². The van der Waals surface area contributed by atoms with Gasteiger partial charge >= 0.3 is 0 Å². The molecule has 0 spiro atoms. The molecule has 0 amide bonds. The topological polar surface area (TPSA) is 79.1 Å². The molecule has 5 nitrogen and oxygen atoms in total. The van der Waals surface area contributed by atoms with Crippen molar-refractivity contribution in [3.8, 4) is 6.07 Å². The van der Waals surface area contributed by atoms with Gasteiger partial charge in [0, 0.05) is 6.04 Å². The highest BCUT2D eigenvalue weighted by Crippen LogP contribution is 2.30. The Kier molecular flexibility index (Phi) is 3.23. The monoisotopic (exact) mass is 269 g/mol. The van der Waals surface area contributed by atoms with E-state index in [0.717, 1.165) is 17.6 Å². The number of nitrogens with two attached hydrogens (primary N) is 1. The van der Waals surface area contributed by atoms with Gasteiger partial charge in [0.25, 0.3) is 0 Å². The number of anilines is 2. The zero-order valence-corrected chi connectivity index (χ0v) is 11.6. The van der Waals surface area contributed by atoms with Crippen LogP contribution in [0.25, 0.3) is 5.52 Å². The number of fused-ring (bicyclic) bond motifs is 1. The smallest absolute Gasteiger partial charge is 0.125 e. The fourth-order valence-corrected chi connectivity index (χ4v) is 3.03. The van der Waals surface area contributed by atoms with Gasteiger partial charge in [0.2, 0.25) is 0 Å². The Morgan fingerprint density at radius 3 is 2.95 bits per heavy atom. The molecular formula is C15H19N5. The number of nitrogen functional groups attached to an aromatic ring is 1. The van der Waals surface area contributed by atoms with Gasteiger partial charge in [0.1, 0.15) is 11.9 Å². The van der Waals surface area contributed by atoms with Crippen molar-refractivity contribution in [2.75, 3.05) is 11.1 Å². The second kappa shape index (κ2) is 5.04. The maximum Gasteiger partial charge on any atom is 0.125 e. The highest BCUT2D eigenvalue weighted by molar-refractivity contribution is 5.79. The number of nitriles is 1. The number of nitrogens with zero attached hydrogens (tertiary/aromatic N) is 3. The Morgan fingerprint density at radius 1 is 1.40 bits per heavy atom. The van der Waals surface area contributed by atoms with Crippen molar-refractivity contribution >= 4 is 17.0 Å². The van der Waals surface area contributed by atoms with Crippen molar-refractivity contribution in [3.05, 3.63) is 23.9 Å². The predicted molar refractivity (Wildman–Crippen MR) is 79.4 cm³/mol. The molecule has 2 aromatic heterocycles. The van der Waals surface area contributed by atoms with Gasteiger partial charge in [-0.15, -0.1) is 0 Å². The van der Waals surface area contributed by atoms with Gasteiger partial charge < -0.3 is 11.1 Å². The summed E-state index contributed by atoms with van der Waals surface area (Å²) in [5, 5.41) is 17.1. The Hall–Kier alpha value is -2.22. The van der Waals surface area contributed by atoms with Crippen LogP contribution in [0.3, 0.4) is 0 Å². The maximum atomic E-state index is 9.31. The van der Waals surface area contributed by atoms with E-state index < -0.39 is 0 Å². The minimum absolute atomic E-state index is 0.415. The lowest BCUT2D eigenvalue weighted by atomic mass is 9.85. The number of aromatic nitrogens is 2. The molecular weight excluding hydrogens is 250 g/mol. The molecule has 3 rings (SSSR count). The van der Waals surface area contributed by atoms with E-state index in [0.29, 0.717) is 23.3 Å². The Morgan fingerprint density at radius 2 is 2.20 bits per heavy atom. The summed E-state index contributed by atoms with van der Waals surface area (Å²) in [5.74, 6) is 1.21. The van der Waals surface area contributed by atoms with E-state index in [-0.39, 0.29) is 0 Å². The standard InChI is InChI=1S/C15H19N5/c1-10-4-2-3-5-12(10)19-15-11(8-16)9-18-20-13(15)6-7-14(20)17/h6-7,9-10,12,19H,2-5,17H2,1H3/t10-,12+/m0/s1. The molecule has 1 aliphatic rings. The van der Waals surface area contributed by atoms with Gasteiger partial charge in [-0.05, 0) is 30.9 Å². The van der Waals surface area contributed by atoms with Crippen molar-refractivity contribution in [2.45, 2.75) is 38.6 Å². The minimum Gasteiger partial charge on any atom is -0.384 e. The fourth-order valence-electron chi connectivity index (χ4n) is 3.03. The largest absolute Gasteiger partial charge is 0.384 e. The molecule has 0 unspecified atom stereocenters. The van der Waals surface area contributed by atoms with Crippen molar-refractivity contribution in [1.29, 1.82) is 5.26 Å². The van der Waals surface area contributed by atoms with Gasteiger partial charge in [0.15, 0.2) is 0 Å². The molecule has 0 radical (unpaired) electrons. The second-order valence-corrected chi connectivity index (χ2v) is 5.61. The quantitative estimate of drug-likeness (QED) is 0.878. The average molecular weight is 269 g/mol. The first-order valence-corrected chi connectivity index (χ1v) is 7.13. The molecule has 104 valence electrons. The molecule has 0 saturated heterocycles. The third-order valence-corrected chi connectivity index (χ3v) is 4.27. The molecule has 5 heteroatoms. The van der Waals surface area contributed by atoms with Crippen LogP contribution in [0.2, 0.25) is 0 Å². The lowest BCUT2D eigenvalue weighted by Gasteiger charge is -2.30. The molecule has 0 aromatic carbocycles. The van der Waals surface area contributed by atoms with E-state index in [1.54, 1.807) is 10.7 Å². The summed E-state index contributed by atoms with van der Waals surface area (Å²) in [6.07, 6.45) is 6.52. The first-order chi connectivity index (χ1) is 9.70. The molecule has 2 heterocycles. The molecule has 1 aliphatic carbocycles. The summed E-state index contributed by atoms with van der Waals surface area (Å²) < 4.78 is 1.68. The summed E-state index contributed by atoms with van der Waals surface area (Å²) in [6.45, 7) is 2.27. The normalized spacial score (nSPS) is 22.6. The van der Waals surface area contributed by atoms with Gasteiger partial charge in [-0.1, -0.05) is 19.8 Å². The van der Waals surface area contributed by atoms with Crippen molar-refractivity contribution in [3.63, 3.8) is 0 Å². The Balaban J connectivity index is 2.02. The van der Waals surface area contributed by atoms with Crippen LogP contribution >= 0.6 is 0 Å². The summed E-state index contributed by atoms with van der Waals surface area (Å²) in [4.78, 5) is 0. The van der Waals surface area contributed by atoms with E-state index in [4.69, 9.17) is 5.73 Å². The van der Waals surface area contributed by atoms with Gasteiger partial charge in [0.05, 0.1) is 23.0 Å². The molecule has 1 saturated carbocycles. The number of nitrogens with one attached hydrogen (secondary N) is 1. The molecule has 20 heavy (non-hydrogen) atoms.